The molecule has 2 saturated heterocycles. The van der Waals surface area contributed by atoms with E-state index in [0.29, 0.717) is 24.2 Å². The summed E-state index contributed by atoms with van der Waals surface area (Å²) in [6, 6.07) is 6.47. The first-order chi connectivity index (χ1) is 26.7. The van der Waals surface area contributed by atoms with Gasteiger partial charge in [-0.15, -0.1) is 24.4 Å². The summed E-state index contributed by atoms with van der Waals surface area (Å²) in [6.45, 7) is 9.65. The zero-order valence-corrected chi connectivity index (χ0v) is 34.9. The number of H-pyrrole nitrogens is 1. The molecule has 2 amide bonds. The number of rotatable bonds is 16. The first-order valence-electron chi connectivity index (χ1n) is 18.3. The number of carbonyl (C=O) groups excluding carboxylic acids is 3. The van der Waals surface area contributed by atoms with Crippen LogP contribution in [0.4, 0.5) is 4.79 Å². The Labute approximate surface area is 341 Å². The van der Waals surface area contributed by atoms with Crippen LogP contribution in [-0.4, -0.2) is 91.6 Å². The number of carbonyl (C=O) groups is 3. The van der Waals surface area contributed by atoms with Crippen LogP contribution in [0, 0.1) is 25.7 Å². The van der Waals surface area contributed by atoms with Crippen molar-refractivity contribution in [3.8, 4) is 12.8 Å². The second kappa shape index (κ2) is 25.9. The number of esters is 1. The number of amides is 2. The van der Waals surface area contributed by atoms with Crippen LogP contribution < -0.4 is 10.6 Å². The summed E-state index contributed by atoms with van der Waals surface area (Å²) in [5.74, 6) is 2.99. The molecule has 5 unspecified atom stereocenters. The highest BCUT2D eigenvalue weighted by Gasteiger charge is 2.42. The molecule has 1 aromatic carbocycles. The maximum atomic E-state index is 12.2. The summed E-state index contributed by atoms with van der Waals surface area (Å²) in [7, 11) is 3.78. The highest BCUT2D eigenvalue weighted by atomic mass is 35.5. The van der Waals surface area contributed by atoms with E-state index in [9.17, 15) is 9.59 Å². The van der Waals surface area contributed by atoms with E-state index in [0.717, 1.165) is 59.0 Å². The smallest absolute Gasteiger partial charge is 0.315 e. The molecule has 3 aliphatic rings. The van der Waals surface area contributed by atoms with Gasteiger partial charge >= 0.3 is 12.0 Å². The van der Waals surface area contributed by atoms with Crippen molar-refractivity contribution in [1.29, 1.82) is 0 Å². The number of aryl methyl sites for hydroxylation is 1. The predicted octanol–water partition coefficient (Wildman–Crippen LogP) is 8.43. The Bertz CT molecular complexity index is 1690. The number of unbranched alkanes of at least 4 members (excludes halogenated alkanes) is 1. The molecule has 5 rings (SSSR count). The molecule has 13 heteroatoms. The summed E-state index contributed by atoms with van der Waals surface area (Å²) in [6.07, 6.45) is 27.0. The molecule has 0 spiro atoms. The van der Waals surface area contributed by atoms with Gasteiger partial charge in [0.1, 0.15) is 31.5 Å². The number of benzene rings is 1. The molecule has 300 valence electrons. The maximum Gasteiger partial charge on any atom is 0.315 e. The number of nitrogens with zero attached hydrogens (tertiary/aromatic N) is 1. The van der Waals surface area contributed by atoms with Crippen molar-refractivity contribution in [2.45, 2.75) is 69.8 Å². The average Bonchev–Trinajstić information content (AvgIpc) is 3.80. The Morgan fingerprint density at radius 3 is 2.64 bits per heavy atom. The molecule has 10 nitrogen and oxygen atoms in total. The first kappa shape index (κ1) is 47.1. The number of halogens is 2. The van der Waals surface area contributed by atoms with E-state index in [2.05, 4.69) is 66.4 Å². The lowest BCUT2D eigenvalue weighted by Gasteiger charge is -2.31. The molecule has 2 aliphatic heterocycles. The van der Waals surface area contributed by atoms with Crippen molar-refractivity contribution >= 4 is 64.7 Å². The van der Waals surface area contributed by atoms with Crippen molar-refractivity contribution in [1.82, 2.24) is 20.5 Å². The number of nitrogens with one attached hydrogen (secondary N) is 3. The standard InChI is InChI=1S/C32H41ClN4O4S.C7H11ClO.C2H2.CH2O/c1-4-37(3)31(29-20(2)24-18-22(33)13-15-25(24)34-29)21-8-7-9-23(14-12-21)40-16-17-41-28(38)11-6-5-10-27-30-26(19-42-27)35-32(39)36-30;1-3-7(9-2)5-4-6-8;2*1-2/h7-9,12-15,18,21,26-27,30-31,34H,4-6,10-11,16-17,19H2,1-3H3,(H2,35,36,39);3-5H,6H2,1-2H3;1-2H;1H2/b;5-4-,7-3+;;. The molecule has 2 fully saturated rings. The number of hydrogen-bond donors (Lipinski definition) is 3. The summed E-state index contributed by atoms with van der Waals surface area (Å²) in [5.41, 5.74) is 3.48. The van der Waals surface area contributed by atoms with Crippen LogP contribution in [-0.2, 0) is 23.8 Å². The van der Waals surface area contributed by atoms with Gasteiger partial charge in [0, 0.05) is 50.8 Å². The van der Waals surface area contributed by atoms with Crippen LogP contribution >= 0.6 is 35.0 Å². The number of hydrogen-bond acceptors (Lipinski definition) is 8. The highest BCUT2D eigenvalue weighted by Crippen LogP contribution is 2.37. The van der Waals surface area contributed by atoms with Crippen LogP contribution in [0.1, 0.15) is 56.8 Å². The van der Waals surface area contributed by atoms with Crippen molar-refractivity contribution in [2.75, 3.05) is 45.5 Å². The van der Waals surface area contributed by atoms with Crippen LogP contribution in [0.2, 0.25) is 5.02 Å². The molecule has 1 aromatic heterocycles. The number of urea groups is 1. The van der Waals surface area contributed by atoms with Crippen molar-refractivity contribution in [3.05, 3.63) is 94.6 Å². The third-order valence-corrected chi connectivity index (χ3v) is 11.3. The zero-order chi connectivity index (χ0) is 40.8. The largest absolute Gasteiger partial charge is 0.497 e. The molecule has 0 radical (unpaired) electrons. The Balaban J connectivity index is 0.000000700. The minimum Gasteiger partial charge on any atom is -0.497 e. The fourth-order valence-corrected chi connectivity index (χ4v) is 8.32. The first-order valence-corrected chi connectivity index (χ1v) is 20.2. The lowest BCUT2D eigenvalue weighted by Crippen LogP contribution is -2.36. The van der Waals surface area contributed by atoms with Crippen molar-refractivity contribution in [3.63, 3.8) is 0 Å². The van der Waals surface area contributed by atoms with E-state index in [1.807, 2.05) is 80.1 Å². The van der Waals surface area contributed by atoms with Gasteiger partial charge in [-0.1, -0.05) is 49.2 Å². The van der Waals surface area contributed by atoms with Gasteiger partial charge in [0.05, 0.1) is 25.2 Å². The number of allylic oxidation sites excluding steroid dienone is 6. The highest BCUT2D eigenvalue weighted by molar-refractivity contribution is 8.00. The molecule has 0 bridgehead atoms. The normalized spacial score (nSPS) is 20.4. The Morgan fingerprint density at radius 2 is 1.95 bits per heavy atom. The van der Waals surface area contributed by atoms with E-state index in [1.165, 1.54) is 11.3 Å². The van der Waals surface area contributed by atoms with Gasteiger partial charge in [-0.2, -0.15) is 11.8 Å². The molecule has 1 aliphatic carbocycles. The second-order valence-corrected chi connectivity index (χ2v) is 14.7. The molecular formula is C42H56Cl2N4O6S. The number of ether oxygens (including phenoxy) is 3. The average molecular weight is 816 g/mol. The maximum absolute atomic E-state index is 12.2. The fourth-order valence-electron chi connectivity index (χ4n) is 6.52. The summed E-state index contributed by atoms with van der Waals surface area (Å²) in [4.78, 5) is 37.7. The van der Waals surface area contributed by atoms with Gasteiger partial charge in [-0.25, -0.2) is 4.79 Å². The van der Waals surface area contributed by atoms with Crippen LogP contribution in [0.5, 0.6) is 0 Å². The molecule has 55 heavy (non-hydrogen) atoms. The van der Waals surface area contributed by atoms with Crippen LogP contribution in [0.3, 0.4) is 0 Å². The van der Waals surface area contributed by atoms with Gasteiger partial charge in [-0.3, -0.25) is 9.69 Å². The molecule has 2 aromatic rings. The number of thioether (sulfide) groups is 1. The molecule has 0 saturated carbocycles. The lowest BCUT2D eigenvalue weighted by atomic mass is 9.92. The number of aromatic nitrogens is 1. The molecular weight excluding hydrogens is 759 g/mol. The van der Waals surface area contributed by atoms with Crippen molar-refractivity contribution in [2.24, 2.45) is 5.92 Å². The second-order valence-electron chi connectivity index (χ2n) is 12.7. The minimum absolute atomic E-state index is 0.0631. The third kappa shape index (κ3) is 14.5. The monoisotopic (exact) mass is 814 g/mol. The summed E-state index contributed by atoms with van der Waals surface area (Å²) >= 11 is 13.6. The zero-order valence-electron chi connectivity index (χ0n) is 32.5. The summed E-state index contributed by atoms with van der Waals surface area (Å²) in [5, 5.41) is 8.27. The van der Waals surface area contributed by atoms with E-state index >= 15 is 0 Å². The van der Waals surface area contributed by atoms with Crippen LogP contribution in [0.25, 0.3) is 10.9 Å². The Hall–Kier alpha value is -4.08. The third-order valence-electron chi connectivity index (χ3n) is 9.33. The Kier molecular flexibility index (Phi) is 22.2. The van der Waals surface area contributed by atoms with Gasteiger partial charge in [0.15, 0.2) is 0 Å². The number of aromatic amines is 1. The number of fused-ring (bicyclic) bond motifs is 2. The van der Waals surface area contributed by atoms with E-state index < -0.39 is 0 Å². The molecule has 5 atom stereocenters. The van der Waals surface area contributed by atoms with E-state index in [4.69, 9.17) is 42.2 Å². The van der Waals surface area contributed by atoms with Crippen molar-refractivity contribution < 1.29 is 28.6 Å². The molecule has 3 N–H and O–H groups in total. The SMILES string of the molecule is C#C.C/C=C(\C=C/CCl)OC.C=O.CCN(C)C(c1[nH]c2ccc(Cl)cc2c1C)C1C=CC=C(OCCOC(=O)CCCCC2SCC3NC(=O)NC32)C=C1. The van der Waals surface area contributed by atoms with Gasteiger partial charge in [-0.05, 0) is 88.3 Å². The number of alkyl halides is 1. The van der Waals surface area contributed by atoms with E-state index in [-0.39, 0.29) is 42.7 Å². The van der Waals surface area contributed by atoms with Gasteiger partial charge in [0.2, 0.25) is 0 Å². The number of methoxy groups -OCH3 is 1. The van der Waals surface area contributed by atoms with Gasteiger partial charge < -0.3 is 34.6 Å². The summed E-state index contributed by atoms with van der Waals surface area (Å²) < 4.78 is 16.3. The topological polar surface area (TPSA) is 122 Å². The van der Waals surface area contributed by atoms with Gasteiger partial charge in [0.25, 0.3) is 0 Å². The minimum atomic E-state index is -0.197. The quantitative estimate of drug-likeness (QED) is 0.0294. The van der Waals surface area contributed by atoms with E-state index in [1.54, 1.807) is 7.11 Å². The lowest BCUT2D eigenvalue weighted by molar-refractivity contribution is -0.144. The van der Waals surface area contributed by atoms with Crippen LogP contribution in [0.15, 0.2) is 78.3 Å². The number of terminal acetylenes is 1. The molecule has 3 heterocycles. The predicted molar refractivity (Wildman–Crippen MR) is 227 cm³/mol. The fraction of sp³-hybridized carbons (Fsp3) is 0.452. The Morgan fingerprint density at radius 1 is 1.18 bits per heavy atom.